The minimum Gasteiger partial charge on any atom is -0.329 e. The summed E-state index contributed by atoms with van der Waals surface area (Å²) in [6.07, 6.45) is 7.85. The molecule has 2 aromatic heterocycles. The topological polar surface area (TPSA) is 30.7 Å². The van der Waals surface area contributed by atoms with E-state index in [1.807, 2.05) is 36.8 Å². The van der Waals surface area contributed by atoms with Gasteiger partial charge < -0.3 is 4.57 Å². The highest BCUT2D eigenvalue weighted by atomic mass is 15.1. The molecule has 78 valence electrons. The van der Waals surface area contributed by atoms with Crippen molar-refractivity contribution in [2.45, 2.75) is 26.3 Å². The van der Waals surface area contributed by atoms with Crippen LogP contribution in [0.3, 0.4) is 0 Å². The Morgan fingerprint density at radius 2 is 2.13 bits per heavy atom. The zero-order chi connectivity index (χ0) is 10.5. The Balaban J connectivity index is 2.14. The first-order chi connectivity index (χ1) is 7.40. The van der Waals surface area contributed by atoms with Crippen molar-refractivity contribution in [1.82, 2.24) is 14.5 Å². The molecule has 3 nitrogen and oxygen atoms in total. The van der Waals surface area contributed by atoms with Gasteiger partial charge in [-0.3, -0.25) is 4.98 Å². The molecule has 2 aromatic rings. The van der Waals surface area contributed by atoms with Gasteiger partial charge in [-0.1, -0.05) is 13.0 Å². The molecule has 0 fully saturated rings. The number of aryl methyl sites for hydroxylation is 1. The summed E-state index contributed by atoms with van der Waals surface area (Å²) in [4.78, 5) is 8.64. The Labute approximate surface area is 89.8 Å². The molecule has 0 aliphatic rings. The molecule has 2 rings (SSSR count). The first-order valence-electron chi connectivity index (χ1n) is 5.30. The monoisotopic (exact) mass is 201 g/mol. The summed E-state index contributed by atoms with van der Waals surface area (Å²) in [5.74, 6) is 1.14. The average molecular weight is 201 g/mol. The van der Waals surface area contributed by atoms with E-state index < -0.39 is 0 Å². The molecule has 0 atom stereocenters. The standard InChI is InChI=1S/C12H15N3/c1-2-5-12-14-8-9-15(12)10-11-6-3-4-7-13-11/h3-4,6-9H,2,5,10H2,1H3. The van der Waals surface area contributed by atoms with Crippen LogP contribution in [0.2, 0.25) is 0 Å². The summed E-state index contributed by atoms with van der Waals surface area (Å²) in [5.41, 5.74) is 1.08. The van der Waals surface area contributed by atoms with Crippen LogP contribution in [0.25, 0.3) is 0 Å². The van der Waals surface area contributed by atoms with Crippen molar-refractivity contribution in [1.29, 1.82) is 0 Å². The molecule has 0 aliphatic heterocycles. The third-order valence-electron chi connectivity index (χ3n) is 2.33. The van der Waals surface area contributed by atoms with E-state index in [1.54, 1.807) is 0 Å². The van der Waals surface area contributed by atoms with Gasteiger partial charge in [-0.15, -0.1) is 0 Å². The van der Waals surface area contributed by atoms with E-state index in [1.165, 1.54) is 0 Å². The maximum absolute atomic E-state index is 4.34. The maximum Gasteiger partial charge on any atom is 0.108 e. The zero-order valence-electron chi connectivity index (χ0n) is 8.93. The van der Waals surface area contributed by atoms with Gasteiger partial charge >= 0.3 is 0 Å². The highest BCUT2D eigenvalue weighted by Gasteiger charge is 2.02. The Hall–Kier alpha value is -1.64. The van der Waals surface area contributed by atoms with Gasteiger partial charge in [0.05, 0.1) is 12.2 Å². The second-order valence-electron chi connectivity index (χ2n) is 3.54. The van der Waals surface area contributed by atoms with E-state index in [9.17, 15) is 0 Å². The summed E-state index contributed by atoms with van der Waals surface area (Å²) in [7, 11) is 0. The van der Waals surface area contributed by atoms with Crippen LogP contribution in [0.15, 0.2) is 36.8 Å². The van der Waals surface area contributed by atoms with Crippen molar-refractivity contribution < 1.29 is 0 Å². The van der Waals surface area contributed by atoms with E-state index >= 15 is 0 Å². The zero-order valence-corrected chi connectivity index (χ0v) is 8.93. The maximum atomic E-state index is 4.34. The minimum absolute atomic E-state index is 0.816. The van der Waals surface area contributed by atoms with Crippen molar-refractivity contribution in [3.05, 3.63) is 48.3 Å². The minimum atomic E-state index is 0.816. The fourth-order valence-electron chi connectivity index (χ4n) is 1.60. The highest BCUT2D eigenvalue weighted by Crippen LogP contribution is 2.04. The number of nitrogens with zero attached hydrogens (tertiary/aromatic N) is 3. The van der Waals surface area contributed by atoms with E-state index in [0.717, 1.165) is 30.9 Å². The van der Waals surface area contributed by atoms with Gasteiger partial charge in [-0.2, -0.15) is 0 Å². The Kier molecular flexibility index (Phi) is 3.12. The van der Waals surface area contributed by atoms with E-state index in [4.69, 9.17) is 0 Å². The van der Waals surface area contributed by atoms with E-state index in [2.05, 4.69) is 21.5 Å². The van der Waals surface area contributed by atoms with Crippen LogP contribution in [0.1, 0.15) is 24.9 Å². The predicted molar refractivity (Wildman–Crippen MR) is 59.6 cm³/mol. The summed E-state index contributed by atoms with van der Waals surface area (Å²) in [6.45, 7) is 2.98. The van der Waals surface area contributed by atoms with Crippen LogP contribution in [0.5, 0.6) is 0 Å². The first-order valence-corrected chi connectivity index (χ1v) is 5.30. The van der Waals surface area contributed by atoms with Gasteiger partial charge in [-0.25, -0.2) is 4.98 Å². The van der Waals surface area contributed by atoms with Gasteiger partial charge in [0, 0.05) is 25.0 Å². The van der Waals surface area contributed by atoms with Crippen molar-refractivity contribution in [3.63, 3.8) is 0 Å². The molecule has 0 saturated carbocycles. The number of hydrogen-bond acceptors (Lipinski definition) is 2. The van der Waals surface area contributed by atoms with E-state index in [-0.39, 0.29) is 0 Å². The highest BCUT2D eigenvalue weighted by molar-refractivity contribution is 5.06. The lowest BCUT2D eigenvalue weighted by atomic mass is 10.3. The summed E-state index contributed by atoms with van der Waals surface area (Å²) < 4.78 is 2.16. The lowest BCUT2D eigenvalue weighted by Gasteiger charge is -2.05. The van der Waals surface area contributed by atoms with Crippen LogP contribution in [-0.4, -0.2) is 14.5 Å². The van der Waals surface area contributed by atoms with Gasteiger partial charge in [0.2, 0.25) is 0 Å². The van der Waals surface area contributed by atoms with Crippen molar-refractivity contribution >= 4 is 0 Å². The molecular formula is C12H15N3. The molecule has 0 aliphatic carbocycles. The fourth-order valence-corrected chi connectivity index (χ4v) is 1.60. The fraction of sp³-hybridized carbons (Fsp3) is 0.333. The largest absolute Gasteiger partial charge is 0.329 e. The first kappa shape index (κ1) is 9.90. The summed E-state index contributed by atoms with van der Waals surface area (Å²) in [5, 5.41) is 0. The van der Waals surface area contributed by atoms with Crippen LogP contribution in [0.4, 0.5) is 0 Å². The Morgan fingerprint density at radius 3 is 2.87 bits per heavy atom. The van der Waals surface area contributed by atoms with E-state index in [0.29, 0.717) is 0 Å². The lowest BCUT2D eigenvalue weighted by Crippen LogP contribution is -2.05. The second kappa shape index (κ2) is 4.73. The molecule has 3 heteroatoms. The predicted octanol–water partition coefficient (Wildman–Crippen LogP) is 2.28. The van der Waals surface area contributed by atoms with Crippen molar-refractivity contribution in [2.24, 2.45) is 0 Å². The summed E-state index contributed by atoms with van der Waals surface area (Å²) in [6, 6.07) is 5.98. The van der Waals surface area contributed by atoms with Crippen molar-refractivity contribution in [3.8, 4) is 0 Å². The average Bonchev–Trinajstić information content (AvgIpc) is 2.68. The normalized spacial score (nSPS) is 10.5. The smallest absolute Gasteiger partial charge is 0.108 e. The van der Waals surface area contributed by atoms with Gasteiger partial charge in [0.25, 0.3) is 0 Å². The Bertz CT molecular complexity index is 406. The molecule has 0 radical (unpaired) electrons. The number of aromatic nitrogens is 3. The van der Waals surface area contributed by atoms with Crippen molar-refractivity contribution in [2.75, 3.05) is 0 Å². The molecule has 0 saturated heterocycles. The number of imidazole rings is 1. The van der Waals surface area contributed by atoms with Crippen LogP contribution in [0, 0.1) is 0 Å². The molecule has 0 unspecified atom stereocenters. The molecule has 0 aromatic carbocycles. The Morgan fingerprint density at radius 1 is 1.20 bits per heavy atom. The molecule has 0 amide bonds. The quantitative estimate of drug-likeness (QED) is 0.759. The second-order valence-corrected chi connectivity index (χ2v) is 3.54. The SMILES string of the molecule is CCCc1nccn1Cc1ccccn1. The lowest BCUT2D eigenvalue weighted by molar-refractivity contribution is 0.693. The van der Waals surface area contributed by atoms with Crippen LogP contribution < -0.4 is 0 Å². The van der Waals surface area contributed by atoms with Crippen LogP contribution >= 0.6 is 0 Å². The van der Waals surface area contributed by atoms with Crippen LogP contribution in [-0.2, 0) is 13.0 Å². The number of hydrogen-bond donors (Lipinski definition) is 0. The van der Waals surface area contributed by atoms with Gasteiger partial charge in [-0.05, 0) is 18.6 Å². The molecule has 0 bridgehead atoms. The molecule has 0 spiro atoms. The molecular weight excluding hydrogens is 186 g/mol. The van der Waals surface area contributed by atoms with Gasteiger partial charge in [0.1, 0.15) is 5.82 Å². The summed E-state index contributed by atoms with van der Waals surface area (Å²) >= 11 is 0. The molecule has 0 N–H and O–H groups in total. The van der Waals surface area contributed by atoms with Gasteiger partial charge in [0.15, 0.2) is 0 Å². The number of rotatable bonds is 4. The molecule has 2 heterocycles. The third kappa shape index (κ3) is 2.43. The number of pyridine rings is 1. The molecule has 15 heavy (non-hydrogen) atoms. The third-order valence-corrected chi connectivity index (χ3v) is 2.33.